The van der Waals surface area contributed by atoms with Crippen LogP contribution in [-0.4, -0.2) is 95.1 Å². The lowest BCUT2D eigenvalue weighted by molar-refractivity contribution is -0.192. The number of alkyl halides is 3. The van der Waals surface area contributed by atoms with Gasteiger partial charge in [-0.25, -0.2) is 13.6 Å². The van der Waals surface area contributed by atoms with Gasteiger partial charge in [-0.15, -0.1) is 0 Å². The van der Waals surface area contributed by atoms with E-state index in [4.69, 9.17) is 15.6 Å². The number of carboxylic acid groups (broad SMARTS) is 1. The van der Waals surface area contributed by atoms with Gasteiger partial charge in [-0.1, -0.05) is 30.3 Å². The van der Waals surface area contributed by atoms with Gasteiger partial charge in [0.2, 0.25) is 17.7 Å². The molecule has 0 spiro atoms. The van der Waals surface area contributed by atoms with Crippen molar-refractivity contribution < 1.29 is 46.2 Å². The fourth-order valence-electron chi connectivity index (χ4n) is 4.62. The highest BCUT2D eigenvalue weighted by Gasteiger charge is 2.39. The zero-order chi connectivity index (χ0) is 34.1. The Hall–Kier alpha value is -4.11. The van der Waals surface area contributed by atoms with Gasteiger partial charge in [-0.05, 0) is 56.5 Å². The second-order valence-electron chi connectivity index (χ2n) is 11.2. The van der Waals surface area contributed by atoms with E-state index in [2.05, 4.69) is 10.6 Å². The number of carbonyl (C=O) groups excluding carboxylic acids is 3. The molecule has 45 heavy (non-hydrogen) atoms. The number of hydrogen-bond donors (Lipinski definition) is 4. The number of piperazine rings is 1. The van der Waals surface area contributed by atoms with E-state index in [0.29, 0.717) is 30.8 Å². The van der Waals surface area contributed by atoms with E-state index >= 15 is 0 Å². The molecule has 5 N–H and O–H groups in total. The van der Waals surface area contributed by atoms with Crippen LogP contribution >= 0.6 is 0 Å². The van der Waals surface area contributed by atoms with Crippen molar-refractivity contribution in [1.29, 1.82) is 0 Å². The molecule has 0 aromatic heterocycles. The summed E-state index contributed by atoms with van der Waals surface area (Å²) in [5, 5.41) is 12.6. The van der Waals surface area contributed by atoms with E-state index in [1.807, 2.05) is 11.8 Å². The van der Waals surface area contributed by atoms with Crippen LogP contribution in [0.5, 0.6) is 0 Å². The number of benzene rings is 2. The molecule has 3 rings (SSSR count). The second kappa shape index (κ2) is 15.8. The number of nitrogens with two attached hydrogens (primary N) is 1. The van der Waals surface area contributed by atoms with Gasteiger partial charge in [0.1, 0.15) is 17.7 Å². The van der Waals surface area contributed by atoms with Crippen LogP contribution in [0.4, 0.5) is 22.0 Å². The number of carboxylic acids is 1. The molecule has 15 heteroatoms. The van der Waals surface area contributed by atoms with Crippen LogP contribution in [0.25, 0.3) is 0 Å². The standard InChI is InChI=1S/C28H37F2N5O3.C2HF3O2/c1-18-17-34(24(25(36)32-4)16-20-7-5-6-8-22(20)30)13-14-35(18)26(37)23(33-27(38)28(2,3)31)15-19-9-11-21(29)12-10-19;3-2(4,5)1(6)7/h5-12,18,23-24H,13-17,31H2,1-4H3,(H,32,36)(H,33,38);(H,6,7). The maximum atomic E-state index is 14.3. The Balaban J connectivity index is 0.000000900. The van der Waals surface area contributed by atoms with E-state index in [1.165, 1.54) is 18.2 Å². The molecule has 2 aromatic carbocycles. The van der Waals surface area contributed by atoms with Crippen LogP contribution in [0.3, 0.4) is 0 Å². The van der Waals surface area contributed by atoms with E-state index in [9.17, 15) is 36.3 Å². The Morgan fingerprint density at radius 1 is 1.00 bits per heavy atom. The molecule has 0 radical (unpaired) electrons. The zero-order valence-electron chi connectivity index (χ0n) is 25.3. The van der Waals surface area contributed by atoms with Crippen LogP contribution in [0.15, 0.2) is 48.5 Å². The first-order valence-electron chi connectivity index (χ1n) is 14.0. The summed E-state index contributed by atoms with van der Waals surface area (Å²) in [6, 6.07) is 10.3. The minimum absolute atomic E-state index is 0.169. The van der Waals surface area contributed by atoms with Gasteiger partial charge in [0.25, 0.3) is 0 Å². The summed E-state index contributed by atoms with van der Waals surface area (Å²) in [6.07, 6.45) is -4.72. The molecule has 0 saturated carbocycles. The number of aliphatic carboxylic acids is 1. The summed E-state index contributed by atoms with van der Waals surface area (Å²) in [5.41, 5.74) is 5.89. The summed E-state index contributed by atoms with van der Waals surface area (Å²) in [5.74, 6) is -4.52. The molecule has 1 fully saturated rings. The number of nitrogens with zero attached hydrogens (tertiary/aromatic N) is 2. The number of nitrogens with one attached hydrogen (secondary N) is 2. The van der Waals surface area contributed by atoms with Crippen molar-refractivity contribution in [3.63, 3.8) is 0 Å². The smallest absolute Gasteiger partial charge is 0.475 e. The molecule has 0 bridgehead atoms. The quantitative estimate of drug-likeness (QED) is 0.307. The number of likely N-dealkylation sites (N-methyl/N-ethyl adjacent to an activating group) is 1. The molecule has 248 valence electrons. The third-order valence-electron chi connectivity index (χ3n) is 7.09. The lowest BCUT2D eigenvalue weighted by Gasteiger charge is -2.44. The maximum absolute atomic E-state index is 14.3. The van der Waals surface area contributed by atoms with Crippen LogP contribution in [-0.2, 0) is 32.0 Å². The third-order valence-corrected chi connectivity index (χ3v) is 7.09. The average molecular weight is 644 g/mol. The molecule has 2 aromatic rings. The molecule has 1 saturated heterocycles. The maximum Gasteiger partial charge on any atom is 0.490 e. The van der Waals surface area contributed by atoms with E-state index in [1.54, 1.807) is 56.1 Å². The number of amides is 3. The number of hydrogen-bond acceptors (Lipinski definition) is 6. The van der Waals surface area contributed by atoms with Gasteiger partial charge in [0.05, 0.1) is 11.6 Å². The Morgan fingerprint density at radius 3 is 2.07 bits per heavy atom. The van der Waals surface area contributed by atoms with Crippen LogP contribution in [0, 0.1) is 11.6 Å². The topological polar surface area (TPSA) is 145 Å². The van der Waals surface area contributed by atoms with Crippen molar-refractivity contribution in [2.45, 2.75) is 63.5 Å². The van der Waals surface area contributed by atoms with Crippen LogP contribution < -0.4 is 16.4 Å². The fourth-order valence-corrected chi connectivity index (χ4v) is 4.62. The largest absolute Gasteiger partial charge is 0.490 e. The predicted octanol–water partition coefficient (Wildman–Crippen LogP) is 2.25. The lowest BCUT2D eigenvalue weighted by Crippen LogP contribution is -2.63. The highest BCUT2D eigenvalue weighted by atomic mass is 19.4. The Labute approximate surface area is 257 Å². The van der Waals surface area contributed by atoms with Crippen molar-refractivity contribution in [3.8, 4) is 0 Å². The summed E-state index contributed by atoms with van der Waals surface area (Å²) in [6.45, 7) is 6.07. The molecule has 3 unspecified atom stereocenters. The van der Waals surface area contributed by atoms with Crippen molar-refractivity contribution in [3.05, 3.63) is 71.3 Å². The molecular formula is C30H38F5N5O5. The summed E-state index contributed by atoms with van der Waals surface area (Å²) >= 11 is 0. The van der Waals surface area contributed by atoms with E-state index in [0.717, 1.165) is 0 Å². The molecule has 1 heterocycles. The fraction of sp³-hybridized carbons (Fsp3) is 0.467. The lowest BCUT2D eigenvalue weighted by atomic mass is 9.99. The first kappa shape index (κ1) is 37.1. The summed E-state index contributed by atoms with van der Waals surface area (Å²) in [7, 11) is 1.54. The van der Waals surface area contributed by atoms with Gasteiger partial charge in [0, 0.05) is 39.1 Å². The Kier molecular flexibility index (Phi) is 13.0. The monoisotopic (exact) mass is 643 g/mol. The van der Waals surface area contributed by atoms with Crippen molar-refractivity contribution in [2.24, 2.45) is 5.73 Å². The van der Waals surface area contributed by atoms with Crippen molar-refractivity contribution in [1.82, 2.24) is 20.4 Å². The average Bonchev–Trinajstić information content (AvgIpc) is 2.96. The van der Waals surface area contributed by atoms with Gasteiger partial charge in [0.15, 0.2) is 0 Å². The minimum Gasteiger partial charge on any atom is -0.475 e. The number of rotatable bonds is 9. The highest BCUT2D eigenvalue weighted by molar-refractivity contribution is 5.92. The number of halogens is 5. The van der Waals surface area contributed by atoms with Gasteiger partial charge < -0.3 is 26.4 Å². The third kappa shape index (κ3) is 11.1. The highest BCUT2D eigenvalue weighted by Crippen LogP contribution is 2.20. The van der Waals surface area contributed by atoms with E-state index < -0.39 is 41.5 Å². The van der Waals surface area contributed by atoms with Gasteiger partial charge in [-0.3, -0.25) is 19.3 Å². The van der Waals surface area contributed by atoms with Crippen molar-refractivity contribution in [2.75, 3.05) is 26.7 Å². The molecule has 3 amide bonds. The van der Waals surface area contributed by atoms with Crippen molar-refractivity contribution >= 4 is 23.7 Å². The first-order valence-corrected chi connectivity index (χ1v) is 14.0. The molecule has 1 aliphatic heterocycles. The molecule has 1 aliphatic rings. The predicted molar refractivity (Wildman–Crippen MR) is 155 cm³/mol. The Bertz CT molecular complexity index is 1330. The molecule has 10 nitrogen and oxygen atoms in total. The SMILES string of the molecule is CNC(=O)C(Cc1ccccc1F)N1CCN(C(=O)C(Cc2ccc(F)cc2)NC(=O)C(C)(C)N)C(C)C1.O=C(O)C(F)(F)F. The summed E-state index contributed by atoms with van der Waals surface area (Å²) in [4.78, 5) is 51.7. The summed E-state index contributed by atoms with van der Waals surface area (Å²) < 4.78 is 59.5. The molecule has 3 atom stereocenters. The van der Waals surface area contributed by atoms with E-state index in [-0.39, 0.29) is 36.5 Å². The van der Waals surface area contributed by atoms with Crippen LogP contribution in [0.2, 0.25) is 0 Å². The normalized spacial score (nSPS) is 16.9. The molecule has 0 aliphatic carbocycles. The molecular weight excluding hydrogens is 605 g/mol. The zero-order valence-corrected chi connectivity index (χ0v) is 25.3. The van der Waals surface area contributed by atoms with Gasteiger partial charge in [-0.2, -0.15) is 13.2 Å². The Morgan fingerprint density at radius 2 is 1.58 bits per heavy atom. The van der Waals surface area contributed by atoms with Crippen LogP contribution in [0.1, 0.15) is 31.9 Å². The minimum atomic E-state index is -5.08. The van der Waals surface area contributed by atoms with Gasteiger partial charge >= 0.3 is 12.1 Å². The number of carbonyl (C=O) groups is 4. The second-order valence-corrected chi connectivity index (χ2v) is 11.2. The first-order chi connectivity index (χ1) is 20.8.